The standard InChI is InChI=1S/C15H14OS/c1-2-12-5-7-13(8-6-12)15(16)10-9-14-4-3-11-17-14/h3-11H,2H2,1H3. The number of carbonyl (C=O) groups is 1. The predicted molar refractivity (Wildman–Crippen MR) is 73.5 cm³/mol. The lowest BCUT2D eigenvalue weighted by Gasteiger charge is -1.98. The highest BCUT2D eigenvalue weighted by Gasteiger charge is 2.01. The summed E-state index contributed by atoms with van der Waals surface area (Å²) in [5.41, 5.74) is 2.00. The van der Waals surface area contributed by atoms with Crippen LogP contribution in [0, 0.1) is 0 Å². The van der Waals surface area contributed by atoms with Crippen molar-refractivity contribution in [3.05, 3.63) is 63.9 Å². The zero-order chi connectivity index (χ0) is 12.1. The Morgan fingerprint density at radius 1 is 1.24 bits per heavy atom. The van der Waals surface area contributed by atoms with Crippen LogP contribution in [0.4, 0.5) is 0 Å². The van der Waals surface area contributed by atoms with Crippen molar-refractivity contribution in [1.82, 2.24) is 0 Å². The van der Waals surface area contributed by atoms with Crippen LogP contribution < -0.4 is 0 Å². The second-order valence-electron chi connectivity index (χ2n) is 3.76. The van der Waals surface area contributed by atoms with Crippen molar-refractivity contribution in [1.29, 1.82) is 0 Å². The molecule has 0 saturated heterocycles. The first-order chi connectivity index (χ1) is 8.29. The van der Waals surface area contributed by atoms with Crippen molar-refractivity contribution in [3.63, 3.8) is 0 Å². The minimum Gasteiger partial charge on any atom is -0.289 e. The van der Waals surface area contributed by atoms with Gasteiger partial charge >= 0.3 is 0 Å². The minimum absolute atomic E-state index is 0.0565. The molecular weight excluding hydrogens is 228 g/mol. The number of benzene rings is 1. The molecule has 1 nitrogen and oxygen atoms in total. The molecule has 0 aliphatic heterocycles. The number of carbonyl (C=O) groups excluding carboxylic acids is 1. The van der Waals surface area contributed by atoms with Crippen LogP contribution in [0.15, 0.2) is 47.9 Å². The molecule has 2 aromatic rings. The van der Waals surface area contributed by atoms with E-state index in [9.17, 15) is 4.79 Å². The van der Waals surface area contributed by atoms with E-state index in [0.717, 1.165) is 16.9 Å². The van der Waals surface area contributed by atoms with Crippen LogP contribution in [0.3, 0.4) is 0 Å². The van der Waals surface area contributed by atoms with Gasteiger partial charge in [0.1, 0.15) is 0 Å². The van der Waals surface area contributed by atoms with Crippen molar-refractivity contribution in [2.24, 2.45) is 0 Å². The van der Waals surface area contributed by atoms with Crippen LogP contribution >= 0.6 is 11.3 Å². The second kappa shape index (κ2) is 5.60. The molecule has 17 heavy (non-hydrogen) atoms. The quantitative estimate of drug-likeness (QED) is 0.580. The highest BCUT2D eigenvalue weighted by atomic mass is 32.1. The number of hydrogen-bond donors (Lipinski definition) is 0. The van der Waals surface area contributed by atoms with E-state index >= 15 is 0 Å². The summed E-state index contributed by atoms with van der Waals surface area (Å²) < 4.78 is 0. The Labute approximate surface area is 105 Å². The maximum atomic E-state index is 11.9. The summed E-state index contributed by atoms with van der Waals surface area (Å²) in [6.45, 7) is 2.10. The smallest absolute Gasteiger partial charge is 0.185 e. The molecule has 1 heterocycles. The van der Waals surface area contributed by atoms with Crippen LogP contribution in [-0.2, 0) is 6.42 Å². The Hall–Kier alpha value is -1.67. The van der Waals surface area contributed by atoms with E-state index in [0.29, 0.717) is 0 Å². The average molecular weight is 242 g/mol. The first-order valence-corrected chi connectivity index (χ1v) is 6.52. The van der Waals surface area contributed by atoms with Crippen molar-refractivity contribution in [2.45, 2.75) is 13.3 Å². The molecule has 0 N–H and O–H groups in total. The lowest BCUT2D eigenvalue weighted by molar-refractivity contribution is 0.104. The van der Waals surface area contributed by atoms with E-state index in [1.165, 1.54) is 5.56 Å². The highest BCUT2D eigenvalue weighted by molar-refractivity contribution is 7.10. The van der Waals surface area contributed by atoms with Gasteiger partial charge in [0.2, 0.25) is 0 Å². The zero-order valence-corrected chi connectivity index (χ0v) is 10.5. The number of rotatable bonds is 4. The van der Waals surface area contributed by atoms with Gasteiger partial charge < -0.3 is 0 Å². The van der Waals surface area contributed by atoms with E-state index < -0.39 is 0 Å². The van der Waals surface area contributed by atoms with Gasteiger partial charge in [0, 0.05) is 10.4 Å². The number of hydrogen-bond acceptors (Lipinski definition) is 2. The molecule has 0 aliphatic carbocycles. The molecule has 0 radical (unpaired) electrons. The van der Waals surface area contributed by atoms with Gasteiger partial charge in [-0.15, -0.1) is 11.3 Å². The summed E-state index contributed by atoms with van der Waals surface area (Å²) in [6.07, 6.45) is 4.49. The van der Waals surface area contributed by atoms with Crippen LogP contribution in [0.25, 0.3) is 6.08 Å². The van der Waals surface area contributed by atoms with E-state index in [1.807, 2.05) is 47.9 Å². The van der Waals surface area contributed by atoms with Gasteiger partial charge in [0.15, 0.2) is 5.78 Å². The van der Waals surface area contributed by atoms with Gasteiger partial charge in [0.25, 0.3) is 0 Å². The van der Waals surface area contributed by atoms with Crippen LogP contribution in [0.5, 0.6) is 0 Å². The summed E-state index contributed by atoms with van der Waals surface area (Å²) >= 11 is 1.63. The molecule has 86 valence electrons. The molecule has 0 atom stereocenters. The van der Waals surface area contributed by atoms with Crippen LogP contribution in [0.1, 0.15) is 27.7 Å². The summed E-state index contributed by atoms with van der Waals surface area (Å²) in [6, 6.07) is 11.8. The molecule has 1 aromatic heterocycles. The normalized spacial score (nSPS) is 10.9. The van der Waals surface area contributed by atoms with Crippen molar-refractivity contribution in [2.75, 3.05) is 0 Å². The van der Waals surface area contributed by atoms with Gasteiger partial charge in [-0.1, -0.05) is 37.3 Å². The van der Waals surface area contributed by atoms with Gasteiger partial charge in [-0.25, -0.2) is 0 Å². The Morgan fingerprint density at radius 3 is 2.59 bits per heavy atom. The predicted octanol–water partition coefficient (Wildman–Crippen LogP) is 4.21. The maximum Gasteiger partial charge on any atom is 0.185 e. The third kappa shape index (κ3) is 3.14. The largest absolute Gasteiger partial charge is 0.289 e. The summed E-state index contributed by atoms with van der Waals surface area (Å²) in [4.78, 5) is 13.0. The van der Waals surface area contributed by atoms with E-state index in [4.69, 9.17) is 0 Å². The van der Waals surface area contributed by atoms with Gasteiger partial charge in [-0.2, -0.15) is 0 Å². The molecular formula is C15H14OS. The fourth-order valence-electron chi connectivity index (χ4n) is 1.54. The topological polar surface area (TPSA) is 17.1 Å². The van der Waals surface area contributed by atoms with Crippen molar-refractivity contribution >= 4 is 23.2 Å². The van der Waals surface area contributed by atoms with Crippen LogP contribution in [-0.4, -0.2) is 5.78 Å². The fourth-order valence-corrected chi connectivity index (χ4v) is 2.16. The Morgan fingerprint density at radius 2 is 2.00 bits per heavy atom. The third-order valence-electron chi connectivity index (χ3n) is 2.59. The number of allylic oxidation sites excluding steroid dienone is 1. The highest BCUT2D eigenvalue weighted by Crippen LogP contribution is 2.12. The monoisotopic (exact) mass is 242 g/mol. The number of ketones is 1. The molecule has 0 amide bonds. The molecule has 0 aliphatic rings. The Balaban J connectivity index is 2.09. The average Bonchev–Trinajstić information content (AvgIpc) is 2.89. The third-order valence-corrected chi connectivity index (χ3v) is 3.43. The second-order valence-corrected chi connectivity index (χ2v) is 4.74. The molecule has 1 aromatic carbocycles. The number of aryl methyl sites for hydroxylation is 1. The summed E-state index contributed by atoms with van der Waals surface area (Å²) in [5, 5.41) is 2.00. The van der Waals surface area contributed by atoms with Crippen molar-refractivity contribution < 1.29 is 4.79 Å². The summed E-state index contributed by atoms with van der Waals surface area (Å²) in [5.74, 6) is 0.0565. The molecule has 2 rings (SSSR count). The van der Waals surface area contributed by atoms with Gasteiger partial charge in [0.05, 0.1) is 0 Å². The summed E-state index contributed by atoms with van der Waals surface area (Å²) in [7, 11) is 0. The Kier molecular flexibility index (Phi) is 3.89. The first-order valence-electron chi connectivity index (χ1n) is 5.64. The molecule has 2 heteroatoms. The first kappa shape index (κ1) is 11.8. The van der Waals surface area contributed by atoms with Gasteiger partial charge in [-0.3, -0.25) is 4.79 Å². The molecule has 0 bridgehead atoms. The zero-order valence-electron chi connectivity index (χ0n) is 9.72. The molecule has 0 unspecified atom stereocenters. The number of thiophene rings is 1. The van der Waals surface area contributed by atoms with Crippen LogP contribution in [0.2, 0.25) is 0 Å². The van der Waals surface area contributed by atoms with Crippen molar-refractivity contribution in [3.8, 4) is 0 Å². The van der Waals surface area contributed by atoms with E-state index in [1.54, 1.807) is 17.4 Å². The lowest BCUT2D eigenvalue weighted by Crippen LogP contribution is -1.94. The van der Waals surface area contributed by atoms with Gasteiger partial charge in [-0.05, 0) is 35.6 Å². The van der Waals surface area contributed by atoms with E-state index in [2.05, 4.69) is 6.92 Å². The van der Waals surface area contributed by atoms with E-state index in [-0.39, 0.29) is 5.78 Å². The lowest BCUT2D eigenvalue weighted by atomic mass is 10.1. The molecule has 0 saturated carbocycles. The Bertz CT molecular complexity index is 506. The fraction of sp³-hybridized carbons (Fsp3) is 0.133. The molecule has 0 fully saturated rings. The molecule has 0 spiro atoms. The SMILES string of the molecule is CCc1ccc(C(=O)C=Cc2cccs2)cc1. The maximum absolute atomic E-state index is 11.9. The minimum atomic E-state index is 0.0565.